The van der Waals surface area contributed by atoms with Crippen LogP contribution in [-0.4, -0.2) is 29.7 Å². The lowest BCUT2D eigenvalue weighted by Gasteiger charge is -2.34. The van der Waals surface area contributed by atoms with Gasteiger partial charge in [0, 0.05) is 12.0 Å². The molecule has 2 aromatic carbocycles. The Morgan fingerprint density at radius 3 is 2.26 bits per heavy atom. The first kappa shape index (κ1) is 20.4. The summed E-state index contributed by atoms with van der Waals surface area (Å²) in [5.74, 6) is 0.122. The average Bonchev–Trinajstić information content (AvgIpc) is 3.21. The largest absolute Gasteiger partial charge is 0.448 e. The first-order valence-electron chi connectivity index (χ1n) is 11.7. The van der Waals surface area contributed by atoms with E-state index in [0.29, 0.717) is 18.1 Å². The van der Waals surface area contributed by atoms with Crippen molar-refractivity contribution >= 4 is 6.09 Å². The van der Waals surface area contributed by atoms with Gasteiger partial charge in [0.15, 0.2) is 0 Å². The van der Waals surface area contributed by atoms with Crippen LogP contribution in [0.25, 0.3) is 11.1 Å². The molecule has 3 nitrogen and oxygen atoms in total. The highest BCUT2D eigenvalue weighted by molar-refractivity contribution is 5.79. The van der Waals surface area contributed by atoms with Crippen LogP contribution in [0.3, 0.4) is 0 Å². The van der Waals surface area contributed by atoms with Gasteiger partial charge in [0.05, 0.1) is 6.04 Å². The number of carbonyl (C=O) groups excluding carboxylic acids is 1. The summed E-state index contributed by atoms with van der Waals surface area (Å²) in [6, 6.07) is 17.5. The first-order valence-corrected chi connectivity index (χ1v) is 11.7. The zero-order valence-electron chi connectivity index (χ0n) is 18.9. The fourth-order valence-electron chi connectivity index (χ4n) is 5.59. The number of fused-ring (bicyclic) bond motifs is 5. The van der Waals surface area contributed by atoms with Crippen molar-refractivity contribution in [3.63, 3.8) is 0 Å². The van der Waals surface area contributed by atoms with Crippen LogP contribution in [-0.2, 0) is 4.74 Å². The Morgan fingerprint density at radius 2 is 1.65 bits per heavy atom. The third-order valence-electron chi connectivity index (χ3n) is 7.22. The SMILES string of the molecule is CC(C)(C)CCC1=CC2CCC(C1)N2C(=O)OCC1c2ccccc2-c2ccccc21. The van der Waals surface area contributed by atoms with Gasteiger partial charge in [-0.15, -0.1) is 0 Å². The number of hydrogen-bond donors (Lipinski definition) is 0. The molecule has 0 spiro atoms. The minimum Gasteiger partial charge on any atom is -0.448 e. The van der Waals surface area contributed by atoms with Crippen LogP contribution < -0.4 is 0 Å². The maximum atomic E-state index is 13.1. The minimum atomic E-state index is -0.138. The van der Waals surface area contributed by atoms with E-state index in [1.54, 1.807) is 0 Å². The monoisotopic (exact) mass is 415 g/mol. The molecule has 0 radical (unpaired) electrons. The standard InChI is InChI=1S/C28H33NO2/c1-28(2,3)15-14-19-16-20-12-13-21(17-19)29(20)27(30)31-18-26-24-10-6-4-8-22(24)23-9-5-7-11-25(23)26/h4-11,16,20-21,26H,12-15,17-18H2,1-3H3. The molecule has 0 saturated carbocycles. The second kappa shape index (κ2) is 7.85. The van der Waals surface area contributed by atoms with Crippen LogP contribution in [0.2, 0.25) is 0 Å². The van der Waals surface area contributed by atoms with E-state index in [2.05, 4.69) is 75.4 Å². The van der Waals surface area contributed by atoms with Crippen molar-refractivity contribution in [2.24, 2.45) is 5.41 Å². The zero-order chi connectivity index (χ0) is 21.6. The number of rotatable bonds is 4. The summed E-state index contributed by atoms with van der Waals surface area (Å²) in [5, 5.41) is 0. The van der Waals surface area contributed by atoms with E-state index in [1.165, 1.54) is 34.2 Å². The molecule has 2 heterocycles. The highest BCUT2D eigenvalue weighted by atomic mass is 16.6. The summed E-state index contributed by atoms with van der Waals surface area (Å²) < 4.78 is 5.97. The van der Waals surface area contributed by atoms with Crippen LogP contribution in [0, 0.1) is 5.41 Å². The van der Waals surface area contributed by atoms with Gasteiger partial charge < -0.3 is 4.74 Å². The van der Waals surface area contributed by atoms with Gasteiger partial charge in [-0.3, -0.25) is 4.90 Å². The fraction of sp³-hybridized carbons (Fsp3) is 0.464. The highest BCUT2D eigenvalue weighted by Gasteiger charge is 2.41. The van der Waals surface area contributed by atoms with Crippen LogP contribution in [0.5, 0.6) is 0 Å². The van der Waals surface area contributed by atoms with Crippen LogP contribution in [0.15, 0.2) is 60.2 Å². The molecule has 1 fully saturated rings. The second-order valence-electron chi connectivity index (χ2n) is 10.6. The Balaban J connectivity index is 1.27. The summed E-state index contributed by atoms with van der Waals surface area (Å²) in [6.07, 6.45) is 7.73. The van der Waals surface area contributed by atoms with Crippen LogP contribution in [0.1, 0.15) is 69.9 Å². The van der Waals surface area contributed by atoms with E-state index < -0.39 is 0 Å². The van der Waals surface area contributed by atoms with Crippen molar-refractivity contribution in [2.45, 2.75) is 70.9 Å². The van der Waals surface area contributed by atoms with E-state index >= 15 is 0 Å². The molecule has 162 valence electrons. The Morgan fingerprint density at radius 1 is 1.00 bits per heavy atom. The van der Waals surface area contributed by atoms with Crippen molar-refractivity contribution in [2.75, 3.05) is 6.61 Å². The highest BCUT2D eigenvalue weighted by Crippen LogP contribution is 2.45. The number of hydrogen-bond acceptors (Lipinski definition) is 2. The third kappa shape index (κ3) is 3.91. The number of carbonyl (C=O) groups is 1. The van der Waals surface area contributed by atoms with E-state index in [9.17, 15) is 4.79 Å². The summed E-state index contributed by atoms with van der Waals surface area (Å²) in [6.45, 7) is 7.30. The predicted molar refractivity (Wildman–Crippen MR) is 125 cm³/mol. The maximum Gasteiger partial charge on any atom is 0.410 e. The van der Waals surface area contributed by atoms with Gasteiger partial charge in [0.2, 0.25) is 0 Å². The predicted octanol–water partition coefficient (Wildman–Crippen LogP) is 6.92. The number of ether oxygens (including phenoxy) is 1. The lowest BCUT2D eigenvalue weighted by molar-refractivity contribution is 0.0847. The fourth-order valence-corrected chi connectivity index (χ4v) is 5.59. The van der Waals surface area contributed by atoms with Crippen molar-refractivity contribution in [1.29, 1.82) is 0 Å². The summed E-state index contributed by atoms with van der Waals surface area (Å²) >= 11 is 0. The van der Waals surface area contributed by atoms with Gasteiger partial charge in [-0.1, -0.05) is 81.0 Å². The van der Waals surface area contributed by atoms with E-state index in [0.717, 1.165) is 25.7 Å². The molecule has 0 N–H and O–H groups in total. The molecule has 2 aromatic rings. The van der Waals surface area contributed by atoms with Gasteiger partial charge in [-0.25, -0.2) is 4.79 Å². The van der Waals surface area contributed by atoms with Crippen molar-refractivity contribution in [1.82, 2.24) is 4.90 Å². The molecule has 1 aliphatic carbocycles. The first-order chi connectivity index (χ1) is 14.9. The summed E-state index contributed by atoms with van der Waals surface area (Å²) in [5.41, 5.74) is 6.95. The number of amides is 1. The molecule has 0 aromatic heterocycles. The van der Waals surface area contributed by atoms with Gasteiger partial charge in [0.25, 0.3) is 0 Å². The molecule has 1 saturated heterocycles. The number of benzene rings is 2. The molecule has 1 amide bonds. The Labute approximate surface area is 186 Å². The molecular formula is C28H33NO2. The molecule has 2 bridgehead atoms. The molecule has 3 aliphatic rings. The Hall–Kier alpha value is -2.55. The van der Waals surface area contributed by atoms with Crippen molar-refractivity contribution in [3.8, 4) is 11.1 Å². The molecule has 2 unspecified atom stereocenters. The Kier molecular flexibility index (Phi) is 5.16. The molecule has 31 heavy (non-hydrogen) atoms. The molecule has 2 atom stereocenters. The molecular weight excluding hydrogens is 382 g/mol. The van der Waals surface area contributed by atoms with E-state index in [1.807, 2.05) is 4.90 Å². The van der Waals surface area contributed by atoms with Crippen LogP contribution in [0.4, 0.5) is 4.79 Å². The van der Waals surface area contributed by atoms with Gasteiger partial charge in [-0.05, 0) is 59.8 Å². The van der Waals surface area contributed by atoms with Crippen LogP contribution >= 0.6 is 0 Å². The second-order valence-corrected chi connectivity index (χ2v) is 10.6. The van der Waals surface area contributed by atoms with E-state index in [-0.39, 0.29) is 18.1 Å². The minimum absolute atomic E-state index is 0.122. The lowest BCUT2D eigenvalue weighted by Crippen LogP contribution is -2.43. The average molecular weight is 416 g/mol. The smallest absolute Gasteiger partial charge is 0.410 e. The summed E-state index contributed by atoms with van der Waals surface area (Å²) in [7, 11) is 0. The lowest BCUT2D eigenvalue weighted by atomic mass is 9.86. The quantitative estimate of drug-likeness (QED) is 0.507. The Bertz CT molecular complexity index is 970. The van der Waals surface area contributed by atoms with Crippen molar-refractivity contribution < 1.29 is 9.53 Å². The maximum absolute atomic E-state index is 13.1. The summed E-state index contributed by atoms with van der Waals surface area (Å²) in [4.78, 5) is 15.2. The molecule has 3 heteroatoms. The topological polar surface area (TPSA) is 29.5 Å². The molecule has 5 rings (SSSR count). The van der Waals surface area contributed by atoms with Gasteiger partial charge in [0.1, 0.15) is 6.61 Å². The normalized spacial score (nSPS) is 22.2. The van der Waals surface area contributed by atoms with Crippen molar-refractivity contribution in [3.05, 3.63) is 71.3 Å². The molecule has 2 aliphatic heterocycles. The van der Waals surface area contributed by atoms with Gasteiger partial charge in [-0.2, -0.15) is 0 Å². The van der Waals surface area contributed by atoms with E-state index in [4.69, 9.17) is 4.74 Å². The zero-order valence-corrected chi connectivity index (χ0v) is 18.9. The van der Waals surface area contributed by atoms with Gasteiger partial charge >= 0.3 is 6.09 Å². The third-order valence-corrected chi connectivity index (χ3v) is 7.22. The number of nitrogens with zero attached hydrogens (tertiary/aromatic N) is 1.